The minimum Gasteiger partial charge on any atom is -0.301 e. The van der Waals surface area contributed by atoms with Crippen molar-refractivity contribution >= 4 is 0 Å². The van der Waals surface area contributed by atoms with E-state index >= 15 is 0 Å². The van der Waals surface area contributed by atoms with Crippen molar-refractivity contribution in [2.75, 3.05) is 14.1 Å². The van der Waals surface area contributed by atoms with E-state index in [4.69, 9.17) is 0 Å². The molecule has 0 saturated carbocycles. The Morgan fingerprint density at radius 3 is 1.75 bits per heavy atom. The summed E-state index contributed by atoms with van der Waals surface area (Å²) in [5.41, 5.74) is 0.139. The fourth-order valence-electron chi connectivity index (χ4n) is 0.183. The van der Waals surface area contributed by atoms with Gasteiger partial charge in [-0.05, 0) is 27.9 Å². The third-order valence-corrected chi connectivity index (χ3v) is 1.65. The van der Waals surface area contributed by atoms with Crippen LogP contribution in [0.25, 0.3) is 0 Å². The molecule has 0 atom stereocenters. The van der Waals surface area contributed by atoms with Crippen molar-refractivity contribution in [3.05, 3.63) is 12.7 Å². The number of nitrogens with zero attached hydrogens (tertiary/aromatic N) is 1. The summed E-state index contributed by atoms with van der Waals surface area (Å²) in [4.78, 5) is 2.12. The third-order valence-electron chi connectivity index (χ3n) is 1.65. The Morgan fingerprint density at radius 1 is 1.38 bits per heavy atom. The number of hydrogen-bond acceptors (Lipinski definition) is 1. The highest BCUT2D eigenvalue weighted by atomic mass is 15.1. The zero-order valence-electron chi connectivity index (χ0n) is 6.23. The van der Waals surface area contributed by atoms with Gasteiger partial charge in [-0.25, -0.2) is 0 Å². The largest absolute Gasteiger partial charge is 0.301 e. The van der Waals surface area contributed by atoms with Gasteiger partial charge in [0.2, 0.25) is 0 Å². The average molecular weight is 113 g/mol. The third kappa shape index (κ3) is 1.66. The van der Waals surface area contributed by atoms with Crippen LogP contribution in [0, 0.1) is 0 Å². The van der Waals surface area contributed by atoms with E-state index in [1.807, 2.05) is 20.2 Å². The normalized spacial score (nSPS) is 12.1. The van der Waals surface area contributed by atoms with Crippen LogP contribution in [-0.2, 0) is 0 Å². The summed E-state index contributed by atoms with van der Waals surface area (Å²) in [6.45, 7) is 7.96. The van der Waals surface area contributed by atoms with Crippen LogP contribution in [0.3, 0.4) is 0 Å². The first kappa shape index (κ1) is 7.70. The summed E-state index contributed by atoms with van der Waals surface area (Å²) in [6.07, 6.45) is 1.94. The summed E-state index contributed by atoms with van der Waals surface area (Å²) < 4.78 is 0. The van der Waals surface area contributed by atoms with E-state index in [2.05, 4.69) is 25.3 Å². The van der Waals surface area contributed by atoms with Gasteiger partial charge in [-0.1, -0.05) is 6.08 Å². The summed E-state index contributed by atoms with van der Waals surface area (Å²) in [6, 6.07) is 0. The van der Waals surface area contributed by atoms with Gasteiger partial charge in [0.25, 0.3) is 0 Å². The van der Waals surface area contributed by atoms with Crippen LogP contribution < -0.4 is 0 Å². The highest BCUT2D eigenvalue weighted by molar-refractivity contribution is 4.94. The maximum Gasteiger partial charge on any atom is 0.0326 e. The van der Waals surface area contributed by atoms with Gasteiger partial charge < -0.3 is 4.90 Å². The van der Waals surface area contributed by atoms with Gasteiger partial charge in [0.1, 0.15) is 0 Å². The lowest BCUT2D eigenvalue weighted by Gasteiger charge is -2.28. The second-order valence-electron chi connectivity index (χ2n) is 2.75. The molecule has 0 radical (unpaired) electrons. The van der Waals surface area contributed by atoms with Gasteiger partial charge in [-0.3, -0.25) is 0 Å². The molecule has 0 amide bonds. The lowest BCUT2D eigenvalue weighted by Crippen LogP contribution is -2.35. The first-order valence-electron chi connectivity index (χ1n) is 2.81. The highest BCUT2D eigenvalue weighted by Gasteiger charge is 2.13. The SMILES string of the molecule is C=CC(C)(C)N(C)C. The van der Waals surface area contributed by atoms with Crippen molar-refractivity contribution in [1.29, 1.82) is 0 Å². The van der Waals surface area contributed by atoms with Crippen molar-refractivity contribution < 1.29 is 0 Å². The molecule has 1 nitrogen and oxygen atoms in total. The highest BCUT2D eigenvalue weighted by Crippen LogP contribution is 2.09. The van der Waals surface area contributed by atoms with Crippen molar-refractivity contribution in [3.63, 3.8) is 0 Å². The smallest absolute Gasteiger partial charge is 0.0326 e. The van der Waals surface area contributed by atoms with Crippen LogP contribution in [0.5, 0.6) is 0 Å². The second-order valence-corrected chi connectivity index (χ2v) is 2.75. The van der Waals surface area contributed by atoms with Gasteiger partial charge in [0.05, 0.1) is 0 Å². The molecule has 0 unspecified atom stereocenters. The van der Waals surface area contributed by atoms with Crippen LogP contribution >= 0.6 is 0 Å². The summed E-state index contributed by atoms with van der Waals surface area (Å²) >= 11 is 0. The lowest BCUT2D eigenvalue weighted by molar-refractivity contribution is 0.253. The molecule has 0 rings (SSSR count). The van der Waals surface area contributed by atoms with E-state index in [1.165, 1.54) is 0 Å². The van der Waals surface area contributed by atoms with Crippen LogP contribution in [-0.4, -0.2) is 24.5 Å². The van der Waals surface area contributed by atoms with E-state index in [0.717, 1.165) is 0 Å². The zero-order valence-corrected chi connectivity index (χ0v) is 6.23. The van der Waals surface area contributed by atoms with Gasteiger partial charge in [0.15, 0.2) is 0 Å². The molecule has 0 aromatic heterocycles. The summed E-state index contributed by atoms with van der Waals surface area (Å²) in [5, 5.41) is 0. The zero-order chi connectivity index (χ0) is 6.78. The predicted molar refractivity (Wildman–Crippen MR) is 38.0 cm³/mol. The molecule has 0 N–H and O–H groups in total. The van der Waals surface area contributed by atoms with E-state index in [0.29, 0.717) is 0 Å². The van der Waals surface area contributed by atoms with Crippen molar-refractivity contribution in [3.8, 4) is 0 Å². The molecule has 48 valence electrons. The summed E-state index contributed by atoms with van der Waals surface area (Å²) in [5.74, 6) is 0. The maximum absolute atomic E-state index is 3.71. The number of hydrogen-bond donors (Lipinski definition) is 0. The Balaban J connectivity index is 3.90. The monoisotopic (exact) mass is 113 g/mol. The summed E-state index contributed by atoms with van der Waals surface area (Å²) in [7, 11) is 4.09. The fourth-order valence-corrected chi connectivity index (χ4v) is 0.183. The van der Waals surface area contributed by atoms with Gasteiger partial charge in [-0.15, -0.1) is 6.58 Å². The van der Waals surface area contributed by atoms with E-state index < -0.39 is 0 Å². The molecule has 0 aliphatic rings. The van der Waals surface area contributed by atoms with E-state index in [1.54, 1.807) is 0 Å². The number of rotatable bonds is 2. The molecule has 0 fully saturated rings. The standard InChI is InChI=1S/C7H15N/c1-6-7(2,3)8(4)5/h6H,1H2,2-5H3. The molecular formula is C7H15N. The van der Waals surface area contributed by atoms with Gasteiger partial charge in [0, 0.05) is 5.54 Å². The minimum absolute atomic E-state index is 0.139. The van der Waals surface area contributed by atoms with Crippen molar-refractivity contribution in [2.45, 2.75) is 19.4 Å². The van der Waals surface area contributed by atoms with Crippen molar-refractivity contribution in [2.24, 2.45) is 0 Å². The van der Waals surface area contributed by atoms with E-state index in [9.17, 15) is 0 Å². The van der Waals surface area contributed by atoms with Crippen LogP contribution in [0.2, 0.25) is 0 Å². The average Bonchev–Trinajstić information content (AvgIpc) is 1.67. The first-order chi connectivity index (χ1) is 3.50. The van der Waals surface area contributed by atoms with Gasteiger partial charge >= 0.3 is 0 Å². The predicted octanol–water partition coefficient (Wildman–Crippen LogP) is 1.51. The van der Waals surface area contributed by atoms with Crippen LogP contribution in [0.4, 0.5) is 0 Å². The molecule has 0 saturated heterocycles. The molecule has 0 aliphatic carbocycles. The Kier molecular flexibility index (Phi) is 2.23. The van der Waals surface area contributed by atoms with Crippen LogP contribution in [0.1, 0.15) is 13.8 Å². The van der Waals surface area contributed by atoms with Crippen molar-refractivity contribution in [1.82, 2.24) is 4.90 Å². The topological polar surface area (TPSA) is 3.24 Å². The number of likely N-dealkylation sites (N-methyl/N-ethyl adjacent to an activating group) is 1. The molecule has 0 aromatic carbocycles. The maximum atomic E-state index is 3.71. The lowest BCUT2D eigenvalue weighted by atomic mass is 10.1. The quantitative estimate of drug-likeness (QED) is 0.491. The molecule has 0 aliphatic heterocycles. The Hall–Kier alpha value is -0.300. The molecule has 0 bridgehead atoms. The minimum atomic E-state index is 0.139. The fraction of sp³-hybridized carbons (Fsp3) is 0.714. The molecular weight excluding hydrogens is 98.1 g/mol. The second kappa shape index (κ2) is 2.31. The Morgan fingerprint density at radius 2 is 1.75 bits per heavy atom. The molecule has 8 heavy (non-hydrogen) atoms. The molecule has 0 heterocycles. The van der Waals surface area contributed by atoms with E-state index in [-0.39, 0.29) is 5.54 Å². The Labute approximate surface area is 52.0 Å². The molecule has 1 heteroatoms. The van der Waals surface area contributed by atoms with Gasteiger partial charge in [-0.2, -0.15) is 0 Å². The molecule has 0 spiro atoms. The first-order valence-corrected chi connectivity index (χ1v) is 2.81. The van der Waals surface area contributed by atoms with Crippen LogP contribution in [0.15, 0.2) is 12.7 Å². The molecule has 0 aromatic rings. The Bertz CT molecular complexity index is 82.4.